The molecule has 0 saturated heterocycles. The van der Waals surface area contributed by atoms with Gasteiger partial charge in [0.05, 0.1) is 12.3 Å². The van der Waals surface area contributed by atoms with Crippen LogP contribution in [0.5, 0.6) is 0 Å². The summed E-state index contributed by atoms with van der Waals surface area (Å²) in [5.74, 6) is -0.0247. The van der Waals surface area contributed by atoms with E-state index >= 15 is 0 Å². The van der Waals surface area contributed by atoms with Gasteiger partial charge in [-0.25, -0.2) is 10.3 Å². The lowest BCUT2D eigenvalue weighted by Crippen LogP contribution is -2.29. The Hall–Kier alpha value is -2.05. The highest BCUT2D eigenvalue weighted by atomic mass is 16.8. The van der Waals surface area contributed by atoms with Gasteiger partial charge in [-0.1, -0.05) is 13.8 Å². The molecular weight excluding hydrogens is 272 g/mol. The maximum absolute atomic E-state index is 11.5. The minimum absolute atomic E-state index is 0.395. The highest BCUT2D eigenvalue weighted by Crippen LogP contribution is 2.00. The summed E-state index contributed by atoms with van der Waals surface area (Å²) in [6.07, 6.45) is 4.43. The number of rotatable bonds is 8. The van der Waals surface area contributed by atoms with E-state index in [0.717, 1.165) is 0 Å². The predicted octanol–water partition coefficient (Wildman–Crippen LogP) is 1.97. The number of amides is 1. The van der Waals surface area contributed by atoms with Crippen LogP contribution in [0.3, 0.4) is 0 Å². The monoisotopic (exact) mass is 292 g/mol. The topological polar surface area (TPSA) is 77.5 Å². The van der Waals surface area contributed by atoms with E-state index in [-0.39, 0.29) is 0 Å². The minimum atomic E-state index is -0.519. The zero-order valence-electron chi connectivity index (χ0n) is 12.4. The van der Waals surface area contributed by atoms with Gasteiger partial charge in [0.15, 0.2) is 12.6 Å². The third-order valence-corrected chi connectivity index (χ3v) is 2.34. The zero-order valence-corrected chi connectivity index (χ0v) is 12.4. The number of carbonyl (C=O) groups is 2. The quantitative estimate of drug-likeness (QED) is 0.343. The molecule has 21 heavy (non-hydrogen) atoms. The smallest absolute Gasteiger partial charge is 0.267 e. The fraction of sp³-hybridized carbons (Fsp3) is 0.400. The third kappa shape index (κ3) is 7.34. The number of aldehydes is 1. The van der Waals surface area contributed by atoms with E-state index in [1.54, 1.807) is 19.1 Å². The molecule has 0 fully saturated rings. The number of aromatic nitrogens is 1. The van der Waals surface area contributed by atoms with Crippen molar-refractivity contribution in [3.05, 3.63) is 35.7 Å². The predicted molar refractivity (Wildman–Crippen MR) is 78.1 cm³/mol. The van der Waals surface area contributed by atoms with Gasteiger partial charge in [0.25, 0.3) is 5.91 Å². The van der Waals surface area contributed by atoms with Gasteiger partial charge in [0.2, 0.25) is 0 Å². The molecule has 114 valence electrons. The molecule has 1 aromatic rings. The Morgan fingerprint density at radius 3 is 2.71 bits per heavy atom. The lowest BCUT2D eigenvalue weighted by atomic mass is 10.2. The van der Waals surface area contributed by atoms with Crippen molar-refractivity contribution in [2.45, 2.75) is 27.1 Å². The first kappa shape index (κ1) is 17.0. The van der Waals surface area contributed by atoms with Crippen molar-refractivity contribution in [3.8, 4) is 0 Å². The lowest BCUT2D eigenvalue weighted by Gasteiger charge is -2.14. The summed E-state index contributed by atoms with van der Waals surface area (Å²) in [4.78, 5) is 31.0. The van der Waals surface area contributed by atoms with Crippen LogP contribution < -0.4 is 5.48 Å². The number of nitrogens with zero attached hydrogens (tertiary/aromatic N) is 1. The number of pyridine rings is 1. The lowest BCUT2D eigenvalue weighted by molar-refractivity contribution is -0.180. The van der Waals surface area contributed by atoms with Crippen LogP contribution in [-0.2, 0) is 14.4 Å². The third-order valence-electron chi connectivity index (χ3n) is 2.34. The second-order valence-corrected chi connectivity index (χ2v) is 4.85. The molecule has 0 aliphatic rings. The number of hydroxylamine groups is 1. The van der Waals surface area contributed by atoms with E-state index in [1.807, 2.05) is 13.8 Å². The maximum Gasteiger partial charge on any atom is 0.267 e. The fourth-order valence-corrected chi connectivity index (χ4v) is 1.28. The Balaban J connectivity index is 2.35. The van der Waals surface area contributed by atoms with Gasteiger partial charge >= 0.3 is 0 Å². The van der Waals surface area contributed by atoms with Crippen molar-refractivity contribution in [2.75, 3.05) is 6.61 Å². The maximum atomic E-state index is 11.5. The molecule has 1 rings (SSSR count). The van der Waals surface area contributed by atoms with Crippen LogP contribution >= 0.6 is 0 Å². The van der Waals surface area contributed by atoms with Crippen LogP contribution in [-0.4, -0.2) is 30.1 Å². The van der Waals surface area contributed by atoms with Crippen molar-refractivity contribution in [1.29, 1.82) is 0 Å². The van der Waals surface area contributed by atoms with Crippen LogP contribution in [0.1, 0.15) is 36.8 Å². The van der Waals surface area contributed by atoms with Crippen molar-refractivity contribution in [1.82, 2.24) is 10.5 Å². The largest absolute Gasteiger partial charge is 0.350 e. The average molecular weight is 292 g/mol. The standard InChI is InChI=1S/C15H20N2O4/c1-11(2)10-20-12(3)21-17-15(19)7-6-14-5-4-13(9-18)8-16-14/h4-9,11-12H,10H2,1-3H3,(H,17,19). The number of carbonyl (C=O) groups excluding carboxylic acids is 2. The summed E-state index contributed by atoms with van der Waals surface area (Å²) in [6.45, 7) is 6.31. The second kappa shape index (κ2) is 8.99. The Labute approximate surface area is 124 Å². The van der Waals surface area contributed by atoms with Crippen LogP contribution in [0.4, 0.5) is 0 Å². The normalized spacial score (nSPS) is 12.6. The van der Waals surface area contributed by atoms with E-state index in [9.17, 15) is 9.59 Å². The Morgan fingerprint density at radius 1 is 1.38 bits per heavy atom. The van der Waals surface area contributed by atoms with Crippen molar-refractivity contribution >= 4 is 18.3 Å². The second-order valence-electron chi connectivity index (χ2n) is 4.85. The van der Waals surface area contributed by atoms with Gasteiger partial charge in [-0.15, -0.1) is 0 Å². The summed E-state index contributed by atoms with van der Waals surface area (Å²) in [5, 5.41) is 0. The molecule has 0 radical (unpaired) electrons. The first-order valence-electron chi connectivity index (χ1n) is 6.67. The molecule has 1 atom stereocenters. The highest BCUT2D eigenvalue weighted by molar-refractivity contribution is 5.90. The molecule has 1 amide bonds. The molecular formula is C15H20N2O4. The van der Waals surface area contributed by atoms with E-state index < -0.39 is 12.2 Å². The molecule has 0 aliphatic heterocycles. The molecule has 0 aliphatic carbocycles. The number of hydrogen-bond donors (Lipinski definition) is 1. The van der Waals surface area contributed by atoms with E-state index in [1.165, 1.54) is 18.3 Å². The molecule has 0 bridgehead atoms. The van der Waals surface area contributed by atoms with Crippen LogP contribution in [0, 0.1) is 5.92 Å². The Morgan fingerprint density at radius 2 is 2.14 bits per heavy atom. The first-order chi connectivity index (χ1) is 10.0. The van der Waals surface area contributed by atoms with Gasteiger partial charge < -0.3 is 4.74 Å². The number of nitrogens with one attached hydrogen (secondary N) is 1. The van der Waals surface area contributed by atoms with E-state index in [2.05, 4.69) is 10.5 Å². The Bertz CT molecular complexity index is 483. The van der Waals surface area contributed by atoms with Crippen LogP contribution in [0.2, 0.25) is 0 Å². The number of ether oxygens (including phenoxy) is 1. The molecule has 1 N–H and O–H groups in total. The summed E-state index contributed by atoms with van der Waals surface area (Å²) < 4.78 is 5.34. The molecule has 1 aromatic heterocycles. The van der Waals surface area contributed by atoms with E-state index in [0.29, 0.717) is 30.1 Å². The van der Waals surface area contributed by atoms with Gasteiger partial charge in [0.1, 0.15) is 0 Å². The van der Waals surface area contributed by atoms with Crippen molar-refractivity contribution < 1.29 is 19.2 Å². The molecule has 6 heteroatoms. The van der Waals surface area contributed by atoms with Crippen LogP contribution in [0.25, 0.3) is 6.08 Å². The molecule has 1 unspecified atom stereocenters. The van der Waals surface area contributed by atoms with Crippen LogP contribution in [0.15, 0.2) is 24.4 Å². The number of hydrogen-bond acceptors (Lipinski definition) is 5. The van der Waals surface area contributed by atoms with Gasteiger partial charge in [-0.05, 0) is 31.1 Å². The van der Waals surface area contributed by atoms with Crippen molar-refractivity contribution in [2.24, 2.45) is 5.92 Å². The summed E-state index contributed by atoms with van der Waals surface area (Å²) in [6, 6.07) is 3.26. The molecule has 0 saturated carbocycles. The average Bonchev–Trinajstić information content (AvgIpc) is 2.49. The highest BCUT2D eigenvalue weighted by Gasteiger charge is 2.05. The molecule has 1 heterocycles. The summed E-state index contributed by atoms with van der Waals surface area (Å²) in [5.41, 5.74) is 3.32. The van der Waals surface area contributed by atoms with Gasteiger partial charge in [0, 0.05) is 17.8 Å². The molecule has 0 spiro atoms. The van der Waals surface area contributed by atoms with E-state index in [4.69, 9.17) is 9.57 Å². The molecule has 6 nitrogen and oxygen atoms in total. The summed E-state index contributed by atoms with van der Waals surface area (Å²) >= 11 is 0. The fourth-order valence-electron chi connectivity index (χ4n) is 1.28. The Kier molecular flexibility index (Phi) is 7.28. The zero-order chi connectivity index (χ0) is 15.7. The van der Waals surface area contributed by atoms with Gasteiger partial charge in [-0.3, -0.25) is 14.6 Å². The minimum Gasteiger partial charge on any atom is -0.350 e. The van der Waals surface area contributed by atoms with Gasteiger partial charge in [-0.2, -0.15) is 0 Å². The SMILES string of the molecule is CC(C)COC(C)ONC(=O)C=Cc1ccc(C=O)cn1. The molecule has 0 aromatic carbocycles. The first-order valence-corrected chi connectivity index (χ1v) is 6.67. The summed E-state index contributed by atoms with van der Waals surface area (Å²) in [7, 11) is 0. The van der Waals surface area contributed by atoms with Crippen molar-refractivity contribution in [3.63, 3.8) is 0 Å².